The van der Waals surface area contributed by atoms with Crippen molar-refractivity contribution in [2.45, 2.75) is 6.42 Å². The highest BCUT2D eigenvalue weighted by Crippen LogP contribution is 2.25. The third-order valence-corrected chi connectivity index (χ3v) is 5.94. The van der Waals surface area contributed by atoms with E-state index in [1.165, 1.54) is 12.1 Å². The molecule has 0 spiro atoms. The molecule has 0 aliphatic carbocycles. The Morgan fingerprint density at radius 1 is 0.714 bits per heavy atom. The van der Waals surface area contributed by atoms with Crippen LogP contribution in [-0.4, -0.2) is 20.9 Å². The van der Waals surface area contributed by atoms with Crippen molar-refractivity contribution in [2.75, 3.05) is 0 Å². The molecule has 0 bridgehead atoms. The minimum atomic E-state index is -0.427. The Kier molecular flexibility index (Phi) is 5.77. The maximum Gasteiger partial charge on any atom is 0.269 e. The van der Waals surface area contributed by atoms with E-state index in [4.69, 9.17) is 0 Å². The molecular formula is C29H20N2O4. The summed E-state index contributed by atoms with van der Waals surface area (Å²) < 4.78 is 1.75. The van der Waals surface area contributed by atoms with E-state index in [2.05, 4.69) is 0 Å². The van der Waals surface area contributed by atoms with Crippen LogP contribution in [0.1, 0.15) is 43.1 Å². The lowest BCUT2D eigenvalue weighted by Gasteiger charge is -2.07. The average Bonchev–Trinajstić information content (AvgIpc) is 3.28. The van der Waals surface area contributed by atoms with Gasteiger partial charge in [-0.1, -0.05) is 72.8 Å². The van der Waals surface area contributed by atoms with E-state index in [-0.39, 0.29) is 17.3 Å². The molecule has 0 aliphatic heterocycles. The average molecular weight is 460 g/mol. The van der Waals surface area contributed by atoms with Gasteiger partial charge in [0.25, 0.3) is 5.69 Å². The standard InChI is InChI=1S/C29H20N2O4/c32-28(22-7-3-1-4-8-22)25-19-27(29(33)23-9-5-2-6-10-23)30-16-15-21(18-26(25)30)17-20-11-13-24(14-12-20)31(34)35/h1-16,18-19H,17H2. The zero-order chi connectivity index (χ0) is 24.4. The molecule has 0 N–H and O–H groups in total. The van der Waals surface area contributed by atoms with Crippen LogP contribution < -0.4 is 0 Å². The van der Waals surface area contributed by atoms with Crippen LogP contribution in [0.3, 0.4) is 0 Å². The van der Waals surface area contributed by atoms with E-state index in [1.807, 2.05) is 36.4 Å². The van der Waals surface area contributed by atoms with Crippen molar-refractivity contribution in [1.29, 1.82) is 0 Å². The van der Waals surface area contributed by atoms with Gasteiger partial charge in [-0.05, 0) is 35.7 Å². The summed E-state index contributed by atoms with van der Waals surface area (Å²) in [4.78, 5) is 37.2. The Morgan fingerprint density at radius 3 is 1.91 bits per heavy atom. The number of carbonyl (C=O) groups is 2. The highest BCUT2D eigenvalue weighted by atomic mass is 16.6. The van der Waals surface area contributed by atoms with Crippen LogP contribution in [0, 0.1) is 10.1 Å². The number of fused-ring (bicyclic) bond motifs is 1. The van der Waals surface area contributed by atoms with Gasteiger partial charge >= 0.3 is 0 Å². The summed E-state index contributed by atoms with van der Waals surface area (Å²) >= 11 is 0. The number of hydrogen-bond acceptors (Lipinski definition) is 4. The minimum Gasteiger partial charge on any atom is -0.313 e. The van der Waals surface area contributed by atoms with E-state index in [0.29, 0.717) is 34.3 Å². The topological polar surface area (TPSA) is 81.7 Å². The molecule has 0 saturated carbocycles. The molecule has 5 aromatic rings. The highest BCUT2D eigenvalue weighted by Gasteiger charge is 2.22. The first-order valence-corrected chi connectivity index (χ1v) is 11.1. The Labute approximate surface area is 201 Å². The van der Waals surface area contributed by atoms with E-state index in [9.17, 15) is 19.7 Å². The molecule has 2 aromatic heterocycles. The van der Waals surface area contributed by atoms with Gasteiger partial charge in [-0.15, -0.1) is 0 Å². The SMILES string of the molecule is O=C(c1ccccc1)c1cc(C(=O)c2ccccc2)n2ccc(Cc3ccc([N+](=O)[O-])cc3)cc12. The summed E-state index contributed by atoms with van der Waals surface area (Å²) in [6, 6.07) is 29.8. The Hall–Kier alpha value is -4.84. The number of nitro groups is 1. The first-order chi connectivity index (χ1) is 17.0. The van der Waals surface area contributed by atoms with Gasteiger partial charge in [0, 0.05) is 35.0 Å². The summed E-state index contributed by atoms with van der Waals surface area (Å²) in [5.74, 6) is -0.335. The van der Waals surface area contributed by atoms with Gasteiger partial charge in [0.15, 0.2) is 5.78 Å². The number of non-ortho nitro benzene ring substituents is 1. The van der Waals surface area contributed by atoms with Gasteiger partial charge in [0.2, 0.25) is 5.78 Å². The molecule has 2 heterocycles. The third-order valence-electron chi connectivity index (χ3n) is 5.94. The number of nitrogens with zero attached hydrogens (tertiary/aromatic N) is 2. The highest BCUT2D eigenvalue weighted by molar-refractivity contribution is 6.17. The maximum atomic E-state index is 13.4. The van der Waals surface area contributed by atoms with Crippen molar-refractivity contribution in [2.24, 2.45) is 0 Å². The summed E-state index contributed by atoms with van der Waals surface area (Å²) in [5, 5.41) is 10.9. The van der Waals surface area contributed by atoms with Crippen LogP contribution in [0.2, 0.25) is 0 Å². The molecule has 6 heteroatoms. The zero-order valence-electron chi connectivity index (χ0n) is 18.6. The summed E-state index contributed by atoms with van der Waals surface area (Å²) in [5.41, 5.74) is 4.44. The third kappa shape index (κ3) is 4.37. The lowest BCUT2D eigenvalue weighted by Crippen LogP contribution is -2.05. The fraction of sp³-hybridized carbons (Fsp3) is 0.0345. The second-order valence-corrected chi connectivity index (χ2v) is 8.22. The number of pyridine rings is 1. The molecule has 170 valence electrons. The van der Waals surface area contributed by atoms with Crippen molar-refractivity contribution in [3.8, 4) is 0 Å². The predicted octanol–water partition coefficient (Wildman–Crippen LogP) is 5.90. The first-order valence-electron chi connectivity index (χ1n) is 11.1. The number of aromatic nitrogens is 1. The zero-order valence-corrected chi connectivity index (χ0v) is 18.6. The largest absolute Gasteiger partial charge is 0.313 e. The lowest BCUT2D eigenvalue weighted by atomic mass is 10.0. The summed E-state index contributed by atoms with van der Waals surface area (Å²) in [6.45, 7) is 0. The van der Waals surface area contributed by atoms with Gasteiger partial charge in [0.1, 0.15) is 0 Å². The molecule has 0 aliphatic rings. The fourth-order valence-corrected chi connectivity index (χ4v) is 4.16. The minimum absolute atomic E-state index is 0.0376. The molecule has 3 aromatic carbocycles. The van der Waals surface area contributed by atoms with E-state index in [1.54, 1.807) is 65.2 Å². The van der Waals surface area contributed by atoms with Crippen LogP contribution in [0.4, 0.5) is 5.69 Å². The quantitative estimate of drug-likeness (QED) is 0.172. The Balaban J connectivity index is 1.59. The Bertz CT molecular complexity index is 1550. The first kappa shape index (κ1) is 22.0. The van der Waals surface area contributed by atoms with Gasteiger partial charge in [-0.3, -0.25) is 19.7 Å². The second-order valence-electron chi connectivity index (χ2n) is 8.22. The molecule has 5 rings (SSSR count). The Morgan fingerprint density at radius 2 is 1.31 bits per heavy atom. The number of benzene rings is 3. The molecule has 0 amide bonds. The van der Waals surface area contributed by atoms with Crippen molar-refractivity contribution in [3.05, 3.63) is 153 Å². The normalized spacial score (nSPS) is 10.9. The van der Waals surface area contributed by atoms with Crippen molar-refractivity contribution in [1.82, 2.24) is 4.40 Å². The molecule has 35 heavy (non-hydrogen) atoms. The second kappa shape index (κ2) is 9.19. The lowest BCUT2D eigenvalue weighted by molar-refractivity contribution is -0.384. The number of nitro benzene ring substituents is 1. The van der Waals surface area contributed by atoms with Gasteiger partial charge in [-0.25, -0.2) is 0 Å². The van der Waals surface area contributed by atoms with E-state index in [0.717, 1.165) is 11.1 Å². The summed E-state index contributed by atoms with van der Waals surface area (Å²) in [6.07, 6.45) is 2.33. The smallest absolute Gasteiger partial charge is 0.269 e. The summed E-state index contributed by atoms with van der Waals surface area (Å²) in [7, 11) is 0. The molecule has 0 radical (unpaired) electrons. The van der Waals surface area contributed by atoms with Gasteiger partial charge < -0.3 is 4.40 Å². The molecule has 0 fully saturated rings. The molecule has 0 unspecified atom stereocenters. The monoisotopic (exact) mass is 460 g/mol. The fourth-order valence-electron chi connectivity index (χ4n) is 4.16. The van der Waals surface area contributed by atoms with Gasteiger partial charge in [-0.2, -0.15) is 0 Å². The van der Waals surface area contributed by atoms with Crippen LogP contribution in [-0.2, 0) is 6.42 Å². The molecule has 6 nitrogen and oxygen atoms in total. The van der Waals surface area contributed by atoms with E-state index >= 15 is 0 Å². The van der Waals surface area contributed by atoms with Crippen molar-refractivity contribution < 1.29 is 14.5 Å². The van der Waals surface area contributed by atoms with Crippen LogP contribution >= 0.6 is 0 Å². The molecule has 0 saturated heterocycles. The molecule has 0 atom stereocenters. The number of ketones is 2. The predicted molar refractivity (Wildman–Crippen MR) is 133 cm³/mol. The number of hydrogen-bond donors (Lipinski definition) is 0. The maximum absolute atomic E-state index is 13.4. The van der Waals surface area contributed by atoms with Gasteiger partial charge in [0.05, 0.1) is 16.1 Å². The van der Waals surface area contributed by atoms with Crippen LogP contribution in [0.15, 0.2) is 109 Å². The molecular weight excluding hydrogens is 440 g/mol. The van der Waals surface area contributed by atoms with Crippen LogP contribution in [0.25, 0.3) is 5.52 Å². The van der Waals surface area contributed by atoms with E-state index < -0.39 is 4.92 Å². The van der Waals surface area contributed by atoms with Crippen LogP contribution in [0.5, 0.6) is 0 Å². The van der Waals surface area contributed by atoms with Crippen molar-refractivity contribution >= 4 is 22.8 Å². The number of carbonyl (C=O) groups excluding carboxylic acids is 2. The van der Waals surface area contributed by atoms with Crippen molar-refractivity contribution in [3.63, 3.8) is 0 Å². The number of rotatable bonds is 7.